The van der Waals surface area contributed by atoms with Gasteiger partial charge in [-0.05, 0) is 119 Å². The van der Waals surface area contributed by atoms with Crippen molar-refractivity contribution in [3.8, 4) is 23.0 Å². The van der Waals surface area contributed by atoms with E-state index < -0.39 is 0 Å². The zero-order chi connectivity index (χ0) is 41.8. The molecule has 1 aliphatic rings. The first-order chi connectivity index (χ1) is 24.5. The molecule has 350 valence electrons. The number of hydrogen-bond donors (Lipinski definition) is 0. The van der Waals surface area contributed by atoms with Crippen LogP contribution >= 0.6 is 11.8 Å². The molecule has 0 unspecified atom stereocenters. The molecular weight excluding hydrogens is 725 g/mol. The molecule has 4 rings (SSSR count). The van der Waals surface area contributed by atoms with Gasteiger partial charge >= 0.3 is 0 Å². The Hall–Kier alpha value is -2.55. The predicted molar refractivity (Wildman–Crippen MR) is 288 cm³/mol. The zero-order valence-corrected chi connectivity index (χ0v) is 39.3. The average molecular weight is 838 g/mol. The molecule has 3 nitrogen and oxygen atoms in total. The number of benzene rings is 3. The first kappa shape index (κ1) is 87.1. The van der Waals surface area contributed by atoms with E-state index in [-0.39, 0.29) is 44.6 Å². The second-order valence-electron chi connectivity index (χ2n) is 13.8. The Morgan fingerprint density at radius 1 is 0.534 bits per heavy atom. The van der Waals surface area contributed by atoms with Crippen molar-refractivity contribution in [2.75, 3.05) is 69.0 Å². The van der Waals surface area contributed by atoms with Gasteiger partial charge in [-0.1, -0.05) is 207 Å². The van der Waals surface area contributed by atoms with Gasteiger partial charge in [-0.2, -0.15) is 11.8 Å². The van der Waals surface area contributed by atoms with Gasteiger partial charge in [0.05, 0.1) is 0 Å². The van der Waals surface area contributed by atoms with Crippen molar-refractivity contribution < 1.29 is 4.74 Å². The van der Waals surface area contributed by atoms with Gasteiger partial charge in [0.25, 0.3) is 0 Å². The van der Waals surface area contributed by atoms with Crippen LogP contribution in [0.3, 0.4) is 0 Å². The minimum absolute atomic E-state index is 0. The van der Waals surface area contributed by atoms with Crippen molar-refractivity contribution in [1.82, 2.24) is 9.80 Å². The maximum atomic E-state index is 4.25. The topological polar surface area (TPSA) is 15.7 Å². The number of hydrogen-bond acceptors (Lipinski definition) is 4. The molecule has 0 bridgehead atoms. The highest BCUT2D eigenvalue weighted by Gasteiger charge is 2.19. The van der Waals surface area contributed by atoms with Crippen LogP contribution in [-0.4, -0.2) is 78.8 Å². The number of ether oxygens (including phenoxy) is 1. The lowest BCUT2D eigenvalue weighted by atomic mass is 9.78. The van der Waals surface area contributed by atoms with Gasteiger partial charge in [-0.3, -0.25) is 0 Å². The maximum Gasteiger partial charge on any atom is 0.0351 e. The molecule has 0 atom stereocenters. The van der Waals surface area contributed by atoms with E-state index in [0.29, 0.717) is 5.41 Å². The first-order valence-electron chi connectivity index (χ1n) is 19.0. The minimum atomic E-state index is 0. The highest BCUT2D eigenvalue weighted by atomic mass is 32.2. The molecular formula is C54H112N2OS. The Labute approximate surface area is 377 Å². The summed E-state index contributed by atoms with van der Waals surface area (Å²) in [5.41, 5.74) is 7.19. The van der Waals surface area contributed by atoms with E-state index in [9.17, 15) is 0 Å². The predicted octanol–water partition coefficient (Wildman–Crippen LogP) is 17.8. The molecule has 1 fully saturated rings. The second kappa shape index (κ2) is 69.1. The third-order valence-electron chi connectivity index (χ3n) is 5.83. The molecule has 4 heteroatoms. The van der Waals surface area contributed by atoms with Gasteiger partial charge in [0.15, 0.2) is 0 Å². The van der Waals surface area contributed by atoms with Crippen LogP contribution in [0.4, 0.5) is 0 Å². The summed E-state index contributed by atoms with van der Waals surface area (Å²) < 4.78 is 4.25. The fourth-order valence-electron chi connectivity index (χ4n) is 3.54. The lowest BCUT2D eigenvalue weighted by Gasteiger charge is -2.28. The largest absolute Gasteiger partial charge is 0.388 e. The Kier molecular flexibility index (Phi) is 104. The Balaban J connectivity index is -0.0000000429. The van der Waals surface area contributed by atoms with Gasteiger partial charge in [0.1, 0.15) is 0 Å². The van der Waals surface area contributed by atoms with Crippen LogP contribution in [0.5, 0.6) is 0 Å². The van der Waals surface area contributed by atoms with Crippen LogP contribution in [0.1, 0.15) is 155 Å². The van der Waals surface area contributed by atoms with Crippen molar-refractivity contribution in [3.63, 3.8) is 0 Å². The van der Waals surface area contributed by atoms with Crippen molar-refractivity contribution in [2.24, 2.45) is 5.41 Å². The van der Waals surface area contributed by atoms with Gasteiger partial charge < -0.3 is 14.5 Å². The first-order valence-corrected chi connectivity index (χ1v) is 20.6. The van der Waals surface area contributed by atoms with Crippen LogP contribution in [0.2, 0.25) is 0 Å². The minimum Gasteiger partial charge on any atom is -0.388 e. The number of thioether (sulfide) groups is 1. The van der Waals surface area contributed by atoms with E-state index in [2.05, 4.69) is 126 Å². The Bertz CT molecular complexity index is 1020. The summed E-state index contributed by atoms with van der Waals surface area (Å²) in [7, 11) is 15.2. The van der Waals surface area contributed by atoms with Crippen LogP contribution in [0.15, 0.2) is 78.9 Å². The van der Waals surface area contributed by atoms with Crippen LogP contribution in [0.25, 0.3) is 11.1 Å². The lowest BCUT2D eigenvalue weighted by molar-refractivity contribution is 0.244. The molecule has 0 N–H and O–H groups in total. The summed E-state index contributed by atoms with van der Waals surface area (Å²) in [5, 5.41) is 0. The molecule has 0 aliphatic heterocycles. The molecule has 3 aromatic rings. The van der Waals surface area contributed by atoms with Crippen molar-refractivity contribution in [1.29, 1.82) is 0 Å². The van der Waals surface area contributed by atoms with Crippen LogP contribution < -0.4 is 0 Å². The molecule has 0 heterocycles. The monoisotopic (exact) mass is 837 g/mol. The van der Waals surface area contributed by atoms with Crippen molar-refractivity contribution in [3.05, 3.63) is 95.6 Å². The standard InChI is InChI=1S/C14H14.C8H16.C7H8.C4H6.2C3H9N.C3H8.C2H6O.C2H6S.C2H6.6CH4/c1-11-3-7-13(8-4-11)14-9-5-12(2)6-10-14;1-8(2)6-4-3-5-7-8;1-7-5-3-2-4-6-7;1-3-4-2;2*1-4(2)3;3*1-3-2;1-2;;;;;;/h3-10H,1-2H3;3-7H2,1-2H3;2-6H,1H3;1-2H3;2*1-3H3;3H2,1-2H3;2*1-2H3;1-2H3;6*1H4. The summed E-state index contributed by atoms with van der Waals surface area (Å²) in [4.78, 5) is 4.00. The number of rotatable bonds is 1. The van der Waals surface area contributed by atoms with Gasteiger partial charge in [-0.25, -0.2) is 0 Å². The molecule has 0 spiro atoms. The lowest BCUT2D eigenvalue weighted by Crippen LogP contribution is -2.14. The normalized spacial score (nSPS) is 9.84. The fraction of sp³-hybridized carbons (Fsp3) is 0.630. The van der Waals surface area contributed by atoms with E-state index in [1.54, 1.807) is 26.0 Å². The maximum absolute atomic E-state index is 4.25. The van der Waals surface area contributed by atoms with E-state index in [0.717, 1.165) is 0 Å². The van der Waals surface area contributed by atoms with E-state index in [4.69, 9.17) is 0 Å². The third kappa shape index (κ3) is 89.9. The zero-order valence-electron chi connectivity index (χ0n) is 38.5. The molecule has 0 aromatic heterocycles. The van der Waals surface area contributed by atoms with Crippen molar-refractivity contribution in [2.45, 2.75) is 159 Å². The molecule has 58 heavy (non-hydrogen) atoms. The highest BCUT2D eigenvalue weighted by molar-refractivity contribution is 7.97. The SMILES string of the molecule is C.C.C.C.C.C.CC.CC#CC.CC1(C)CCCCC1.CCC.CN(C)C.CN(C)C.COC.CSC.Cc1ccc(-c2ccc(C)cc2)cc1.Cc1ccccc1. The number of methoxy groups -OCH3 is 1. The third-order valence-corrected chi connectivity index (χ3v) is 5.83. The Morgan fingerprint density at radius 2 is 0.741 bits per heavy atom. The Morgan fingerprint density at radius 3 is 0.879 bits per heavy atom. The average Bonchev–Trinajstić information content (AvgIpc) is 3.08. The van der Waals surface area contributed by atoms with E-state index in [1.807, 2.05) is 110 Å². The number of aryl methyl sites for hydroxylation is 3. The summed E-state index contributed by atoms with van der Waals surface area (Å²) in [6, 6.07) is 27.5. The summed E-state index contributed by atoms with van der Waals surface area (Å²) >= 11 is 1.75. The number of nitrogens with zero attached hydrogens (tertiary/aromatic N) is 2. The second-order valence-corrected chi connectivity index (χ2v) is 14.6. The summed E-state index contributed by atoms with van der Waals surface area (Å²) in [6.07, 6.45) is 12.6. The van der Waals surface area contributed by atoms with Crippen LogP contribution in [0, 0.1) is 38.0 Å². The van der Waals surface area contributed by atoms with Crippen LogP contribution in [-0.2, 0) is 4.74 Å². The summed E-state index contributed by atoms with van der Waals surface area (Å²) in [6.45, 7) is 23.0. The van der Waals surface area contributed by atoms with E-state index in [1.165, 1.54) is 66.3 Å². The molecule has 3 aromatic carbocycles. The molecule has 0 amide bonds. The van der Waals surface area contributed by atoms with Crippen molar-refractivity contribution >= 4 is 11.8 Å². The smallest absolute Gasteiger partial charge is 0.0351 e. The quantitative estimate of drug-likeness (QED) is 0.227. The summed E-state index contributed by atoms with van der Waals surface area (Å²) in [5.74, 6) is 5.36. The molecule has 1 saturated carbocycles. The fourth-order valence-corrected chi connectivity index (χ4v) is 3.54. The molecule has 0 radical (unpaired) electrons. The van der Waals surface area contributed by atoms with E-state index >= 15 is 0 Å². The highest BCUT2D eigenvalue weighted by Crippen LogP contribution is 2.34. The molecule has 1 aliphatic carbocycles. The molecule has 0 saturated heterocycles. The van der Waals surface area contributed by atoms with Gasteiger partial charge in [0, 0.05) is 14.2 Å². The van der Waals surface area contributed by atoms with Gasteiger partial charge in [0.2, 0.25) is 0 Å². The van der Waals surface area contributed by atoms with Gasteiger partial charge in [-0.15, -0.1) is 11.8 Å².